The predicted molar refractivity (Wildman–Crippen MR) is 239 cm³/mol. The van der Waals surface area contributed by atoms with Crippen LogP contribution in [0.1, 0.15) is 132 Å². The number of ether oxygens (including phenoxy) is 4. The summed E-state index contributed by atoms with van der Waals surface area (Å²) in [5.41, 5.74) is 9.29. The number of rotatable bonds is 22. The highest BCUT2D eigenvalue weighted by atomic mass is 16.6. The number of carbonyl (C=O) groups is 6. The van der Waals surface area contributed by atoms with Gasteiger partial charge in [-0.2, -0.15) is 0 Å². The van der Waals surface area contributed by atoms with Crippen LogP contribution in [0.25, 0.3) is 11.1 Å². The van der Waals surface area contributed by atoms with Crippen LogP contribution >= 0.6 is 0 Å². The molecular weight excluding hydrogens is 817 g/mol. The Kier molecular flexibility index (Phi) is 16.1. The van der Waals surface area contributed by atoms with E-state index in [1.165, 1.54) is 0 Å². The third-order valence-electron chi connectivity index (χ3n) is 11.7. The lowest BCUT2D eigenvalue weighted by atomic mass is 9.90. The zero-order valence-electron chi connectivity index (χ0n) is 37.5. The lowest BCUT2D eigenvalue weighted by molar-refractivity contribution is -0.162. The summed E-state index contributed by atoms with van der Waals surface area (Å²) in [5.74, 6) is -3.66. The smallest absolute Gasteiger partial charge is 0.334 e. The van der Waals surface area contributed by atoms with Gasteiger partial charge in [0, 0.05) is 31.0 Å². The Morgan fingerprint density at radius 2 is 1.16 bits per heavy atom. The van der Waals surface area contributed by atoms with Gasteiger partial charge in [0.25, 0.3) is 5.91 Å². The van der Waals surface area contributed by atoms with E-state index in [4.69, 9.17) is 18.9 Å². The Bertz CT molecular complexity index is 2190. The van der Waals surface area contributed by atoms with E-state index in [0.717, 1.165) is 75.8 Å². The van der Waals surface area contributed by atoms with Crippen molar-refractivity contribution in [3.05, 3.63) is 111 Å². The molecule has 14 heteroatoms. The molecule has 2 fully saturated rings. The third kappa shape index (κ3) is 11.6. The van der Waals surface area contributed by atoms with Gasteiger partial charge < -0.3 is 24.3 Å². The summed E-state index contributed by atoms with van der Waals surface area (Å²) in [6, 6.07) is 13.9. The maximum absolute atomic E-state index is 13.9. The van der Waals surface area contributed by atoms with Crippen LogP contribution in [-0.4, -0.2) is 78.0 Å². The van der Waals surface area contributed by atoms with Crippen molar-refractivity contribution < 1.29 is 47.7 Å². The lowest BCUT2D eigenvalue weighted by Crippen LogP contribution is -2.45. The molecule has 2 aromatic heterocycles. The normalized spacial score (nSPS) is 13.4. The van der Waals surface area contributed by atoms with Crippen LogP contribution < -0.4 is 10.6 Å². The molecule has 1 amide bonds. The average Bonchev–Trinajstić information content (AvgIpc) is 4.21. The molecule has 0 unspecified atom stereocenters. The molecular formula is C50H58N4O10. The molecule has 2 aliphatic rings. The summed E-state index contributed by atoms with van der Waals surface area (Å²) in [6.07, 6.45) is 7.92. The van der Waals surface area contributed by atoms with Crippen LogP contribution in [0, 0.1) is 19.8 Å². The molecule has 14 nitrogen and oxygen atoms in total. The molecule has 0 bridgehead atoms. The number of aromatic nitrogens is 2. The first-order chi connectivity index (χ1) is 30.9. The Labute approximate surface area is 374 Å². The van der Waals surface area contributed by atoms with E-state index < -0.39 is 35.8 Å². The second-order valence-electron chi connectivity index (χ2n) is 16.1. The second kappa shape index (κ2) is 21.9. The molecule has 0 atom stereocenters. The molecule has 0 aliphatic heterocycles. The van der Waals surface area contributed by atoms with Crippen molar-refractivity contribution in [2.45, 2.75) is 111 Å². The van der Waals surface area contributed by atoms with Gasteiger partial charge in [0.15, 0.2) is 11.7 Å². The summed E-state index contributed by atoms with van der Waals surface area (Å²) in [6.45, 7) is 11.4. The Hall–Kier alpha value is -6.28. The molecule has 6 rings (SSSR count). The summed E-state index contributed by atoms with van der Waals surface area (Å²) in [7, 11) is 0. The van der Waals surface area contributed by atoms with Gasteiger partial charge in [0.05, 0.1) is 26.4 Å². The van der Waals surface area contributed by atoms with Crippen molar-refractivity contribution in [2.24, 2.45) is 5.92 Å². The number of amides is 1. The van der Waals surface area contributed by atoms with Gasteiger partial charge >= 0.3 is 23.9 Å². The second-order valence-corrected chi connectivity index (χ2v) is 16.1. The van der Waals surface area contributed by atoms with E-state index in [2.05, 4.69) is 20.6 Å². The van der Waals surface area contributed by atoms with Crippen LogP contribution in [0.15, 0.2) is 60.9 Å². The van der Waals surface area contributed by atoms with Crippen LogP contribution in [0.4, 0.5) is 5.69 Å². The molecule has 4 aromatic rings. The molecule has 338 valence electrons. The zero-order valence-corrected chi connectivity index (χ0v) is 37.5. The molecule has 64 heavy (non-hydrogen) atoms. The SMILES string of the molecule is CCOC(=O)C(CCc1cnc(C(=O)Nc2cccc(-c3cccc(CC(=O)c4cc(C5CC5)c(CNC(C(=O)OCC)C(=O)OCC)cn4)c3C)c2C)cc1C1CC1)C(=O)OCC. The minimum atomic E-state index is -1.28. The minimum absolute atomic E-state index is 0.120. The molecule has 2 aromatic carbocycles. The molecule has 0 spiro atoms. The van der Waals surface area contributed by atoms with Gasteiger partial charge in [-0.05, 0) is 160 Å². The highest BCUT2D eigenvalue weighted by molar-refractivity contribution is 6.04. The third-order valence-corrected chi connectivity index (χ3v) is 11.7. The van der Waals surface area contributed by atoms with E-state index in [1.54, 1.807) is 40.1 Å². The van der Waals surface area contributed by atoms with Crippen LogP contribution in [-0.2, 0) is 57.5 Å². The number of nitrogens with zero attached hydrogens (tertiary/aromatic N) is 2. The van der Waals surface area contributed by atoms with Crippen LogP contribution in [0.5, 0.6) is 0 Å². The Morgan fingerprint density at radius 3 is 1.75 bits per heavy atom. The average molecular weight is 875 g/mol. The van der Waals surface area contributed by atoms with Crippen molar-refractivity contribution in [1.29, 1.82) is 0 Å². The monoisotopic (exact) mass is 874 g/mol. The quantitative estimate of drug-likeness (QED) is 0.0343. The van der Waals surface area contributed by atoms with E-state index in [-0.39, 0.29) is 75.0 Å². The maximum Gasteiger partial charge on any atom is 0.334 e. The lowest BCUT2D eigenvalue weighted by Gasteiger charge is -2.18. The Morgan fingerprint density at radius 1 is 0.641 bits per heavy atom. The number of Topliss-reactive ketones (excluding diaryl/α,β-unsaturated/α-hetero) is 1. The summed E-state index contributed by atoms with van der Waals surface area (Å²) < 4.78 is 20.5. The number of benzene rings is 2. The fourth-order valence-corrected chi connectivity index (χ4v) is 7.90. The molecule has 0 saturated heterocycles. The Balaban J connectivity index is 1.15. The number of pyridine rings is 2. The summed E-state index contributed by atoms with van der Waals surface area (Å²) in [4.78, 5) is 87.0. The number of ketones is 1. The first-order valence-corrected chi connectivity index (χ1v) is 22.3. The molecule has 2 aliphatic carbocycles. The summed E-state index contributed by atoms with van der Waals surface area (Å²) >= 11 is 0. The van der Waals surface area contributed by atoms with Gasteiger partial charge in [0.2, 0.25) is 6.04 Å². The van der Waals surface area contributed by atoms with E-state index in [0.29, 0.717) is 17.8 Å². The van der Waals surface area contributed by atoms with Crippen molar-refractivity contribution in [3.8, 4) is 11.1 Å². The highest BCUT2D eigenvalue weighted by Gasteiger charge is 2.33. The summed E-state index contributed by atoms with van der Waals surface area (Å²) in [5, 5.41) is 6.04. The number of hydrogen-bond acceptors (Lipinski definition) is 13. The van der Waals surface area contributed by atoms with Crippen LogP contribution in [0.3, 0.4) is 0 Å². The van der Waals surface area contributed by atoms with Crippen LogP contribution in [0.2, 0.25) is 0 Å². The van der Waals surface area contributed by atoms with Crippen molar-refractivity contribution in [3.63, 3.8) is 0 Å². The van der Waals surface area contributed by atoms with E-state index in [1.807, 2.05) is 62.4 Å². The van der Waals surface area contributed by atoms with Gasteiger partial charge in [-0.15, -0.1) is 0 Å². The maximum atomic E-state index is 13.9. The number of anilines is 1. The number of esters is 4. The number of hydrogen-bond donors (Lipinski definition) is 2. The van der Waals surface area contributed by atoms with Gasteiger partial charge in [-0.25, -0.2) is 9.59 Å². The first kappa shape index (κ1) is 47.2. The molecule has 2 N–H and O–H groups in total. The van der Waals surface area contributed by atoms with Gasteiger partial charge in [0.1, 0.15) is 11.4 Å². The largest absolute Gasteiger partial charge is 0.465 e. The first-order valence-electron chi connectivity index (χ1n) is 22.3. The number of nitrogens with one attached hydrogen (secondary N) is 2. The van der Waals surface area contributed by atoms with E-state index >= 15 is 0 Å². The number of carbonyl (C=O) groups excluding carboxylic acids is 6. The highest BCUT2D eigenvalue weighted by Crippen LogP contribution is 2.43. The van der Waals surface area contributed by atoms with Gasteiger partial charge in [-0.3, -0.25) is 34.5 Å². The van der Waals surface area contributed by atoms with E-state index in [9.17, 15) is 28.8 Å². The fourth-order valence-electron chi connectivity index (χ4n) is 7.90. The topological polar surface area (TPSA) is 189 Å². The number of aryl methyl sites for hydroxylation is 1. The minimum Gasteiger partial charge on any atom is -0.465 e. The standard InChI is InChI=1S/C50H58N4O10/c1-7-61-47(57)38(48(58)62-8-2)22-21-34-26-52-43(25-39(34)31-17-18-31)46(56)54-41-16-12-15-37(30(41)6)36-14-11-13-33(29(36)5)23-44(55)42-24-40(32-19-20-32)35(27-51-42)28-53-45(49(59)63-9-3)50(60)64-10-4/h11-16,24-27,31-32,38,45,53H,7-10,17-23,28H2,1-6H3,(H,54,56). The molecule has 2 heterocycles. The van der Waals surface area contributed by atoms with Gasteiger partial charge in [-0.1, -0.05) is 30.3 Å². The van der Waals surface area contributed by atoms with Crippen molar-refractivity contribution in [2.75, 3.05) is 31.7 Å². The predicted octanol–water partition coefficient (Wildman–Crippen LogP) is 7.45. The fraction of sp³-hybridized carbons (Fsp3) is 0.440. The van der Waals surface area contributed by atoms with Crippen molar-refractivity contribution in [1.82, 2.24) is 15.3 Å². The molecule has 2 saturated carbocycles. The molecule has 0 radical (unpaired) electrons. The van der Waals surface area contributed by atoms with Crippen molar-refractivity contribution >= 4 is 41.3 Å². The zero-order chi connectivity index (χ0) is 45.9.